The number of nitrogens with zero attached hydrogens (tertiary/aromatic N) is 6. The van der Waals surface area contributed by atoms with Gasteiger partial charge >= 0.3 is 0 Å². The highest BCUT2D eigenvalue weighted by molar-refractivity contribution is 7.91. The fourth-order valence-corrected chi connectivity index (χ4v) is 7.08. The summed E-state index contributed by atoms with van der Waals surface area (Å²) in [6, 6.07) is 12.3. The summed E-state index contributed by atoms with van der Waals surface area (Å²) in [4.78, 5) is 41.6. The van der Waals surface area contributed by atoms with Gasteiger partial charge in [-0.05, 0) is 42.7 Å². The number of carbonyl (C=O) groups excluding carboxylic acids is 2. The average molecular weight is 628 g/mol. The highest BCUT2D eigenvalue weighted by Crippen LogP contribution is 2.44. The Labute approximate surface area is 253 Å². The average Bonchev–Trinajstić information content (AvgIpc) is 3.47. The third-order valence-corrected chi connectivity index (χ3v) is 9.38. The van der Waals surface area contributed by atoms with Gasteiger partial charge in [-0.15, -0.1) is 0 Å². The number of aromatic nitrogens is 4. The van der Waals surface area contributed by atoms with Gasteiger partial charge in [-0.25, -0.2) is 28.3 Å². The molecule has 0 spiro atoms. The van der Waals surface area contributed by atoms with Crippen molar-refractivity contribution in [1.82, 2.24) is 24.4 Å². The molecule has 0 unspecified atom stereocenters. The minimum absolute atomic E-state index is 0.0787. The second-order valence-corrected chi connectivity index (χ2v) is 13.4. The Bertz CT molecular complexity index is 1740. The summed E-state index contributed by atoms with van der Waals surface area (Å²) in [5.74, 6) is -0.692. The van der Waals surface area contributed by atoms with Crippen LogP contribution in [0.15, 0.2) is 72.4 Å². The molecule has 0 saturated carbocycles. The van der Waals surface area contributed by atoms with E-state index in [9.17, 15) is 18.0 Å². The molecule has 1 aliphatic rings. The fraction of sp³-hybridized carbons (Fsp3) is 0.276. The van der Waals surface area contributed by atoms with E-state index in [0.29, 0.717) is 15.7 Å². The number of hydrogen-bond acceptors (Lipinski definition) is 7. The lowest BCUT2D eigenvalue weighted by atomic mass is 9.91. The van der Waals surface area contributed by atoms with Crippen LogP contribution < -0.4 is 4.90 Å². The predicted octanol–water partition coefficient (Wildman–Crippen LogP) is 4.93. The molecule has 0 fully saturated rings. The van der Waals surface area contributed by atoms with Gasteiger partial charge in [0.15, 0.2) is 14.9 Å². The maximum Gasteiger partial charge on any atom is 0.260 e. The first-order valence-electron chi connectivity index (χ1n) is 13.1. The Morgan fingerprint density at radius 1 is 0.976 bits per heavy atom. The van der Waals surface area contributed by atoms with Crippen molar-refractivity contribution in [2.24, 2.45) is 0 Å². The second kappa shape index (κ2) is 11.5. The van der Waals surface area contributed by atoms with Gasteiger partial charge in [-0.3, -0.25) is 14.2 Å². The van der Waals surface area contributed by atoms with Crippen molar-refractivity contribution in [3.05, 3.63) is 83.0 Å². The van der Waals surface area contributed by atoms with Crippen molar-refractivity contribution in [3.63, 3.8) is 0 Å². The summed E-state index contributed by atoms with van der Waals surface area (Å²) in [6.45, 7) is 1.69. The number of hydrogen-bond donors (Lipinski definition) is 0. The van der Waals surface area contributed by atoms with Gasteiger partial charge in [0.2, 0.25) is 11.9 Å². The largest absolute Gasteiger partial charge is 0.349 e. The number of sulfone groups is 1. The molecule has 0 N–H and O–H groups in total. The quantitative estimate of drug-likeness (QED) is 0.258. The highest BCUT2D eigenvalue weighted by atomic mass is 35.5. The van der Waals surface area contributed by atoms with E-state index in [-0.39, 0.29) is 47.8 Å². The Hall–Kier alpha value is -3.80. The van der Waals surface area contributed by atoms with E-state index >= 15 is 0 Å². The maximum absolute atomic E-state index is 14.2. The first-order valence-corrected chi connectivity index (χ1v) is 15.5. The van der Waals surface area contributed by atoms with Crippen LogP contribution in [0.1, 0.15) is 25.3 Å². The van der Waals surface area contributed by atoms with E-state index in [2.05, 4.69) is 15.0 Å². The first kappa shape index (κ1) is 29.7. The molecule has 0 saturated heterocycles. The third kappa shape index (κ3) is 5.64. The fourth-order valence-electron chi connectivity index (χ4n) is 5.05. The van der Waals surface area contributed by atoms with Crippen LogP contribution in [0.3, 0.4) is 0 Å². The Balaban J connectivity index is 1.55. The molecule has 2 aromatic heterocycles. The SMILES string of the molecule is CN(C)C(=O)CCCS(=O)(=O)c1cnc2n1[C@](C)(Cc1ccc(-c3cncnc3)cc1)C(=O)N2c1cc(Cl)cc(Cl)c1. The van der Waals surface area contributed by atoms with Gasteiger partial charge in [0.1, 0.15) is 11.9 Å². The number of halogens is 2. The molecule has 0 radical (unpaired) electrons. The molecule has 0 aliphatic carbocycles. The Morgan fingerprint density at radius 3 is 2.24 bits per heavy atom. The van der Waals surface area contributed by atoms with E-state index in [1.54, 1.807) is 51.6 Å². The summed E-state index contributed by atoms with van der Waals surface area (Å²) in [7, 11) is -0.691. The molecule has 3 heterocycles. The van der Waals surface area contributed by atoms with Gasteiger partial charge in [0.25, 0.3) is 5.91 Å². The standard InChI is InChI=1S/C29H28Cl2N6O4S/c1-29(14-19-6-8-20(9-7-19)21-15-32-18-33-16-21)27(39)36(24-12-22(30)11-23(31)13-24)28-34-17-26(37(28)29)42(40,41)10-4-5-25(38)35(2)3/h6-9,11-13,15-18H,4-5,10,14H2,1-3H3/t29-/m1/s1. The number of carbonyl (C=O) groups is 2. The van der Waals surface area contributed by atoms with Gasteiger partial charge in [0, 0.05) is 54.9 Å². The third-order valence-electron chi connectivity index (χ3n) is 7.19. The number of benzene rings is 2. The zero-order valence-corrected chi connectivity index (χ0v) is 25.5. The van der Waals surface area contributed by atoms with Crippen molar-refractivity contribution in [3.8, 4) is 11.1 Å². The lowest BCUT2D eigenvalue weighted by Crippen LogP contribution is -2.42. The van der Waals surface area contributed by atoms with Crippen LogP contribution in [-0.4, -0.2) is 64.5 Å². The molecule has 218 valence electrons. The van der Waals surface area contributed by atoms with Crippen molar-refractivity contribution in [2.45, 2.75) is 36.8 Å². The molecule has 42 heavy (non-hydrogen) atoms. The monoisotopic (exact) mass is 626 g/mol. The van der Waals surface area contributed by atoms with Crippen LogP contribution in [0.25, 0.3) is 11.1 Å². The minimum atomic E-state index is -3.93. The summed E-state index contributed by atoms with van der Waals surface area (Å²) < 4.78 is 28.7. The van der Waals surface area contributed by atoms with E-state index in [4.69, 9.17) is 23.2 Å². The van der Waals surface area contributed by atoms with Crippen LogP contribution in [0.4, 0.5) is 11.6 Å². The van der Waals surface area contributed by atoms with Crippen LogP contribution in [-0.2, 0) is 31.4 Å². The first-order chi connectivity index (χ1) is 19.9. The van der Waals surface area contributed by atoms with Gasteiger partial charge in [-0.2, -0.15) is 0 Å². The molecule has 13 heteroatoms. The molecular formula is C29H28Cl2N6O4S. The number of fused-ring (bicyclic) bond motifs is 1. The zero-order chi connectivity index (χ0) is 30.2. The van der Waals surface area contributed by atoms with Crippen molar-refractivity contribution in [1.29, 1.82) is 0 Å². The lowest BCUT2D eigenvalue weighted by Gasteiger charge is -2.27. The van der Waals surface area contributed by atoms with Crippen molar-refractivity contribution in [2.75, 3.05) is 24.7 Å². The highest BCUT2D eigenvalue weighted by Gasteiger charge is 2.51. The Kier molecular flexibility index (Phi) is 8.10. The number of anilines is 2. The van der Waals surface area contributed by atoms with Crippen molar-refractivity contribution < 1.29 is 18.0 Å². The van der Waals surface area contributed by atoms with Crippen LogP contribution in [0, 0.1) is 0 Å². The molecule has 10 nitrogen and oxygen atoms in total. The van der Waals surface area contributed by atoms with Gasteiger partial charge in [0.05, 0.1) is 17.6 Å². The molecule has 0 bridgehead atoms. The van der Waals surface area contributed by atoms with E-state index < -0.39 is 15.4 Å². The molecule has 1 aliphatic heterocycles. The van der Waals surface area contributed by atoms with Crippen LogP contribution >= 0.6 is 23.2 Å². The summed E-state index contributed by atoms with van der Waals surface area (Å²) in [5, 5.41) is 0.533. The molecule has 4 aromatic rings. The topological polar surface area (TPSA) is 118 Å². The summed E-state index contributed by atoms with van der Waals surface area (Å²) in [5.41, 5.74) is 1.55. The van der Waals surface area contributed by atoms with Crippen LogP contribution in [0.2, 0.25) is 10.0 Å². The summed E-state index contributed by atoms with van der Waals surface area (Å²) >= 11 is 12.5. The number of rotatable bonds is 9. The van der Waals surface area contributed by atoms with E-state index in [0.717, 1.165) is 16.7 Å². The number of amides is 2. The molecule has 2 amide bonds. The summed E-state index contributed by atoms with van der Waals surface area (Å²) in [6.07, 6.45) is 6.52. The zero-order valence-electron chi connectivity index (χ0n) is 23.2. The smallest absolute Gasteiger partial charge is 0.260 e. The van der Waals surface area contributed by atoms with Crippen LogP contribution in [0.5, 0.6) is 0 Å². The van der Waals surface area contributed by atoms with Gasteiger partial charge in [-0.1, -0.05) is 47.5 Å². The predicted molar refractivity (Wildman–Crippen MR) is 161 cm³/mol. The number of imidazole rings is 1. The molecule has 2 aromatic carbocycles. The normalized spacial score (nSPS) is 16.5. The van der Waals surface area contributed by atoms with E-state index in [1.807, 2.05) is 24.3 Å². The lowest BCUT2D eigenvalue weighted by molar-refractivity contribution is -0.128. The van der Waals surface area contributed by atoms with E-state index in [1.165, 1.54) is 26.9 Å². The van der Waals surface area contributed by atoms with Crippen molar-refractivity contribution >= 4 is 56.5 Å². The minimum Gasteiger partial charge on any atom is -0.349 e. The van der Waals surface area contributed by atoms with Gasteiger partial charge < -0.3 is 4.90 Å². The molecular weight excluding hydrogens is 599 g/mol. The second-order valence-electron chi connectivity index (χ2n) is 10.5. The molecule has 1 atom stereocenters. The maximum atomic E-state index is 14.2. The Morgan fingerprint density at radius 2 is 1.62 bits per heavy atom. The molecule has 5 rings (SSSR count).